The summed E-state index contributed by atoms with van der Waals surface area (Å²) in [6.45, 7) is 2.34. The van der Waals surface area contributed by atoms with Crippen molar-refractivity contribution in [3.8, 4) is 0 Å². The van der Waals surface area contributed by atoms with Crippen LogP contribution in [0.3, 0.4) is 0 Å². The Labute approximate surface area is 99.8 Å². The van der Waals surface area contributed by atoms with Gasteiger partial charge in [0.25, 0.3) is 6.43 Å². The molecule has 0 aromatic heterocycles. The maximum absolute atomic E-state index is 12.1. The fourth-order valence-electron chi connectivity index (χ4n) is 2.21. The van der Waals surface area contributed by atoms with Crippen molar-refractivity contribution in [3.05, 3.63) is 0 Å². The minimum atomic E-state index is -2.83. The van der Waals surface area contributed by atoms with Crippen LogP contribution in [0, 0.1) is 0 Å². The fraction of sp³-hybridized carbons (Fsp3) is 0.909. The number of halogens is 2. The standard InChI is InChI=1S/C11H20F2N2O2/c1-2-4-11(5-3-6-15-11)10(17)14-7-8(16)9(12)13/h8-9,15-16H,2-7H2,1H3,(H,14,17). The monoisotopic (exact) mass is 250 g/mol. The first kappa shape index (κ1) is 14.3. The molecule has 0 bridgehead atoms. The van der Waals surface area contributed by atoms with Crippen molar-refractivity contribution in [3.63, 3.8) is 0 Å². The fourth-order valence-corrected chi connectivity index (χ4v) is 2.21. The Morgan fingerprint density at radius 1 is 1.59 bits per heavy atom. The maximum Gasteiger partial charge on any atom is 0.265 e. The lowest BCUT2D eigenvalue weighted by atomic mass is 9.91. The van der Waals surface area contributed by atoms with Gasteiger partial charge in [-0.25, -0.2) is 8.78 Å². The third-order valence-corrected chi connectivity index (χ3v) is 3.12. The highest BCUT2D eigenvalue weighted by Gasteiger charge is 2.40. The van der Waals surface area contributed by atoms with E-state index in [2.05, 4.69) is 10.6 Å². The number of alkyl halides is 2. The normalized spacial score (nSPS) is 26.2. The van der Waals surface area contributed by atoms with E-state index in [1.54, 1.807) is 0 Å². The summed E-state index contributed by atoms with van der Waals surface area (Å²) in [4.78, 5) is 12.0. The lowest BCUT2D eigenvalue weighted by Crippen LogP contribution is -2.55. The second-order valence-corrected chi connectivity index (χ2v) is 4.47. The molecule has 0 aromatic rings. The highest BCUT2D eigenvalue weighted by molar-refractivity contribution is 5.86. The predicted molar refractivity (Wildman–Crippen MR) is 59.9 cm³/mol. The lowest BCUT2D eigenvalue weighted by molar-refractivity contribution is -0.128. The van der Waals surface area contributed by atoms with Gasteiger partial charge >= 0.3 is 0 Å². The summed E-state index contributed by atoms with van der Waals surface area (Å²) in [5.74, 6) is -0.281. The van der Waals surface area contributed by atoms with E-state index in [4.69, 9.17) is 5.11 Å². The SMILES string of the molecule is CCCC1(C(=O)NCC(O)C(F)F)CCCN1. The van der Waals surface area contributed by atoms with Crippen molar-refractivity contribution < 1.29 is 18.7 Å². The number of aliphatic hydroxyl groups excluding tert-OH is 1. The van der Waals surface area contributed by atoms with Gasteiger partial charge in [0.2, 0.25) is 5.91 Å². The Balaban J connectivity index is 2.49. The highest BCUT2D eigenvalue weighted by atomic mass is 19.3. The summed E-state index contributed by atoms with van der Waals surface area (Å²) in [5, 5.41) is 14.5. The first-order valence-corrected chi connectivity index (χ1v) is 6.01. The summed E-state index contributed by atoms with van der Waals surface area (Å²) in [5.41, 5.74) is -0.628. The van der Waals surface area contributed by atoms with E-state index >= 15 is 0 Å². The van der Waals surface area contributed by atoms with E-state index in [-0.39, 0.29) is 5.91 Å². The van der Waals surface area contributed by atoms with Crippen molar-refractivity contribution in [2.24, 2.45) is 0 Å². The van der Waals surface area contributed by atoms with Crippen LogP contribution in [0.25, 0.3) is 0 Å². The predicted octanol–water partition coefficient (Wildman–Crippen LogP) is 0.651. The molecule has 1 fully saturated rings. The number of hydrogen-bond acceptors (Lipinski definition) is 3. The number of amides is 1. The first-order chi connectivity index (χ1) is 8.02. The molecule has 0 radical (unpaired) electrons. The highest BCUT2D eigenvalue weighted by Crippen LogP contribution is 2.24. The molecule has 1 aliphatic heterocycles. The van der Waals surface area contributed by atoms with Gasteiger partial charge in [0.1, 0.15) is 6.10 Å². The molecular formula is C11H20F2N2O2. The number of rotatable bonds is 6. The smallest absolute Gasteiger partial charge is 0.265 e. The number of nitrogens with one attached hydrogen (secondary N) is 2. The van der Waals surface area contributed by atoms with Crippen molar-refractivity contribution in [1.82, 2.24) is 10.6 Å². The van der Waals surface area contributed by atoms with Crippen LogP contribution in [-0.2, 0) is 4.79 Å². The molecule has 1 heterocycles. The third-order valence-electron chi connectivity index (χ3n) is 3.12. The van der Waals surface area contributed by atoms with Crippen molar-refractivity contribution in [2.75, 3.05) is 13.1 Å². The number of carbonyl (C=O) groups is 1. The minimum absolute atomic E-state index is 0.281. The second kappa shape index (κ2) is 6.26. The van der Waals surface area contributed by atoms with E-state index in [1.807, 2.05) is 6.92 Å². The largest absolute Gasteiger partial charge is 0.385 e. The van der Waals surface area contributed by atoms with Gasteiger partial charge in [-0.15, -0.1) is 0 Å². The number of aliphatic hydroxyl groups is 1. The Morgan fingerprint density at radius 2 is 2.29 bits per heavy atom. The van der Waals surface area contributed by atoms with Crippen LogP contribution in [0.15, 0.2) is 0 Å². The summed E-state index contributed by atoms with van der Waals surface area (Å²) in [6, 6.07) is 0. The van der Waals surface area contributed by atoms with Crippen LogP contribution in [0.1, 0.15) is 32.6 Å². The Morgan fingerprint density at radius 3 is 2.76 bits per heavy atom. The van der Waals surface area contributed by atoms with E-state index in [1.165, 1.54) is 0 Å². The van der Waals surface area contributed by atoms with Crippen molar-refractivity contribution >= 4 is 5.91 Å². The topological polar surface area (TPSA) is 61.4 Å². The van der Waals surface area contributed by atoms with Crippen LogP contribution in [-0.4, -0.2) is 42.2 Å². The Kier molecular flexibility index (Phi) is 5.27. The summed E-state index contributed by atoms with van der Waals surface area (Å²) >= 11 is 0. The molecular weight excluding hydrogens is 230 g/mol. The van der Waals surface area contributed by atoms with Crippen LogP contribution < -0.4 is 10.6 Å². The van der Waals surface area contributed by atoms with Crippen LogP contribution >= 0.6 is 0 Å². The Bertz CT molecular complexity index is 256. The zero-order chi connectivity index (χ0) is 12.9. The van der Waals surface area contributed by atoms with Gasteiger partial charge in [-0.1, -0.05) is 13.3 Å². The van der Waals surface area contributed by atoms with Gasteiger partial charge in [0.15, 0.2) is 0 Å². The van der Waals surface area contributed by atoms with Gasteiger partial charge in [-0.05, 0) is 25.8 Å². The zero-order valence-corrected chi connectivity index (χ0v) is 10.0. The summed E-state index contributed by atoms with van der Waals surface area (Å²) in [6.07, 6.45) is -1.46. The van der Waals surface area contributed by atoms with E-state index in [0.29, 0.717) is 6.42 Å². The number of hydrogen-bond donors (Lipinski definition) is 3. The average molecular weight is 250 g/mol. The molecule has 17 heavy (non-hydrogen) atoms. The molecule has 6 heteroatoms. The molecule has 3 N–H and O–H groups in total. The van der Waals surface area contributed by atoms with Crippen molar-refractivity contribution in [2.45, 2.75) is 50.7 Å². The molecule has 1 rings (SSSR count). The van der Waals surface area contributed by atoms with E-state index in [9.17, 15) is 13.6 Å². The molecule has 1 saturated heterocycles. The van der Waals surface area contributed by atoms with Crippen LogP contribution in [0.4, 0.5) is 8.78 Å². The third kappa shape index (κ3) is 3.61. The van der Waals surface area contributed by atoms with E-state index in [0.717, 1.165) is 25.8 Å². The molecule has 1 aliphatic rings. The minimum Gasteiger partial charge on any atom is -0.385 e. The molecule has 2 unspecified atom stereocenters. The molecule has 100 valence electrons. The van der Waals surface area contributed by atoms with Crippen LogP contribution in [0.5, 0.6) is 0 Å². The molecule has 0 aliphatic carbocycles. The second-order valence-electron chi connectivity index (χ2n) is 4.47. The quantitative estimate of drug-likeness (QED) is 0.648. The van der Waals surface area contributed by atoms with Gasteiger partial charge in [-0.2, -0.15) is 0 Å². The van der Waals surface area contributed by atoms with Crippen LogP contribution in [0.2, 0.25) is 0 Å². The van der Waals surface area contributed by atoms with Gasteiger partial charge < -0.3 is 15.7 Å². The van der Waals surface area contributed by atoms with Crippen molar-refractivity contribution in [1.29, 1.82) is 0 Å². The zero-order valence-electron chi connectivity index (χ0n) is 10.0. The lowest BCUT2D eigenvalue weighted by Gasteiger charge is -2.28. The summed E-state index contributed by atoms with van der Waals surface area (Å²) in [7, 11) is 0. The molecule has 0 aromatic carbocycles. The molecule has 0 spiro atoms. The van der Waals surface area contributed by atoms with E-state index < -0.39 is 24.6 Å². The number of carbonyl (C=O) groups excluding carboxylic acids is 1. The van der Waals surface area contributed by atoms with Gasteiger partial charge in [-0.3, -0.25) is 4.79 Å². The molecule has 0 saturated carbocycles. The average Bonchev–Trinajstić information content (AvgIpc) is 2.75. The molecule has 1 amide bonds. The molecule has 4 nitrogen and oxygen atoms in total. The van der Waals surface area contributed by atoms with Gasteiger partial charge in [0.05, 0.1) is 5.54 Å². The van der Waals surface area contributed by atoms with Gasteiger partial charge in [0, 0.05) is 6.54 Å². The summed E-state index contributed by atoms with van der Waals surface area (Å²) < 4.78 is 24.2. The molecule has 2 atom stereocenters. The Hall–Kier alpha value is -0.750. The first-order valence-electron chi connectivity index (χ1n) is 6.01. The maximum atomic E-state index is 12.1.